The van der Waals surface area contributed by atoms with Crippen molar-refractivity contribution in [2.75, 3.05) is 9.80 Å². The van der Waals surface area contributed by atoms with Crippen LogP contribution in [0.1, 0.15) is 18.9 Å². The Morgan fingerprint density at radius 2 is 1.90 bits per heavy atom. The molecule has 2 aromatic rings. The molecule has 2 aliphatic heterocycles. The van der Waals surface area contributed by atoms with E-state index in [2.05, 4.69) is 5.32 Å². The third kappa shape index (κ3) is 3.40. The van der Waals surface area contributed by atoms with Gasteiger partial charge in [-0.25, -0.2) is 13.7 Å². The molecule has 0 aromatic heterocycles. The van der Waals surface area contributed by atoms with E-state index < -0.39 is 17.6 Å². The average molecular weight is 413 g/mol. The van der Waals surface area contributed by atoms with Crippen LogP contribution < -0.4 is 15.1 Å². The Morgan fingerprint density at radius 3 is 2.66 bits per heavy atom. The smallest absolute Gasteiger partial charge is 0.271 e. The quantitative estimate of drug-likeness (QED) is 0.466. The molecule has 2 aromatic carbocycles. The molecule has 2 heterocycles. The molecule has 2 aliphatic rings. The van der Waals surface area contributed by atoms with Gasteiger partial charge in [0.05, 0.1) is 5.69 Å². The van der Waals surface area contributed by atoms with Crippen LogP contribution in [0.3, 0.4) is 0 Å². The van der Waals surface area contributed by atoms with Gasteiger partial charge in [0.25, 0.3) is 11.8 Å². The van der Waals surface area contributed by atoms with Gasteiger partial charge in [-0.05, 0) is 67.9 Å². The second kappa shape index (κ2) is 7.36. The van der Waals surface area contributed by atoms with Crippen LogP contribution in [0.5, 0.6) is 0 Å². The van der Waals surface area contributed by atoms with Gasteiger partial charge in [-0.3, -0.25) is 14.9 Å². The summed E-state index contributed by atoms with van der Waals surface area (Å²) >= 11 is 5.10. The summed E-state index contributed by atoms with van der Waals surface area (Å²) in [6.07, 6.45) is 2.86. The molecule has 5 nitrogen and oxygen atoms in total. The summed E-state index contributed by atoms with van der Waals surface area (Å²) in [5.74, 6) is -2.35. The molecule has 0 aliphatic carbocycles. The minimum Gasteiger partial charge on any atom is -0.344 e. The molecule has 29 heavy (non-hydrogen) atoms. The minimum atomic E-state index is -0.717. The monoisotopic (exact) mass is 413 g/mol. The molecule has 0 saturated carbocycles. The lowest BCUT2D eigenvalue weighted by Gasteiger charge is -2.36. The lowest BCUT2D eigenvalue weighted by atomic mass is 9.96. The molecule has 1 saturated heterocycles. The Labute approximate surface area is 171 Å². The maximum Gasteiger partial charge on any atom is 0.271 e. The van der Waals surface area contributed by atoms with Gasteiger partial charge in [-0.2, -0.15) is 0 Å². The van der Waals surface area contributed by atoms with Crippen LogP contribution in [0.15, 0.2) is 54.2 Å². The van der Waals surface area contributed by atoms with E-state index in [9.17, 15) is 18.4 Å². The van der Waals surface area contributed by atoms with Gasteiger partial charge in [0.15, 0.2) is 5.11 Å². The van der Waals surface area contributed by atoms with Crippen molar-refractivity contribution < 1.29 is 18.4 Å². The van der Waals surface area contributed by atoms with Gasteiger partial charge >= 0.3 is 0 Å². The van der Waals surface area contributed by atoms with Crippen molar-refractivity contribution in [1.29, 1.82) is 0 Å². The maximum atomic E-state index is 14.3. The number of hydrogen-bond donors (Lipinski definition) is 1. The summed E-state index contributed by atoms with van der Waals surface area (Å²) in [6, 6.07) is 10.1. The van der Waals surface area contributed by atoms with Crippen LogP contribution in [-0.4, -0.2) is 23.0 Å². The first kappa shape index (κ1) is 19.2. The first-order chi connectivity index (χ1) is 13.9. The standard InChI is InChI=1S/C21H17F2N3O2S/c1-12-6-7-13-10-14(22)8-9-17(13)25(12)11-15-19(27)24-21(29)26(20(15)28)18-5-3-2-4-16(18)23/h2-5,8-12H,6-7H2,1H3,(H,24,27,29)/b15-11-/t12-/m0/s1. The average Bonchev–Trinajstić information content (AvgIpc) is 2.68. The molecule has 0 unspecified atom stereocenters. The van der Waals surface area contributed by atoms with E-state index in [0.717, 1.165) is 22.6 Å². The zero-order valence-electron chi connectivity index (χ0n) is 15.5. The van der Waals surface area contributed by atoms with Gasteiger partial charge in [-0.1, -0.05) is 12.1 Å². The Morgan fingerprint density at radius 1 is 1.14 bits per heavy atom. The van der Waals surface area contributed by atoms with E-state index in [-0.39, 0.29) is 28.2 Å². The number of anilines is 2. The highest BCUT2D eigenvalue weighted by molar-refractivity contribution is 7.80. The van der Waals surface area contributed by atoms with Gasteiger partial charge in [-0.15, -0.1) is 0 Å². The number of hydrogen-bond acceptors (Lipinski definition) is 4. The Bertz CT molecular complexity index is 1070. The molecule has 2 amide bonds. The fourth-order valence-corrected chi connectivity index (χ4v) is 3.85. The summed E-state index contributed by atoms with van der Waals surface area (Å²) in [4.78, 5) is 28.4. The van der Waals surface area contributed by atoms with Gasteiger partial charge in [0.1, 0.15) is 17.2 Å². The molecule has 1 fully saturated rings. The third-order valence-electron chi connectivity index (χ3n) is 5.09. The normalized spacial score (nSPS) is 20.7. The third-order valence-corrected chi connectivity index (χ3v) is 5.37. The summed E-state index contributed by atoms with van der Waals surface area (Å²) in [7, 11) is 0. The predicted octanol–water partition coefficient (Wildman–Crippen LogP) is 3.44. The number of benzene rings is 2. The first-order valence-electron chi connectivity index (χ1n) is 9.09. The van der Waals surface area contributed by atoms with Crippen molar-refractivity contribution in [2.24, 2.45) is 0 Å². The van der Waals surface area contributed by atoms with Crippen LogP contribution in [0.25, 0.3) is 0 Å². The number of fused-ring (bicyclic) bond motifs is 1. The molecular formula is C21H17F2N3O2S. The maximum absolute atomic E-state index is 14.3. The fourth-order valence-electron chi connectivity index (χ4n) is 3.58. The van der Waals surface area contributed by atoms with Crippen molar-refractivity contribution in [2.45, 2.75) is 25.8 Å². The van der Waals surface area contributed by atoms with Gasteiger partial charge < -0.3 is 4.90 Å². The lowest BCUT2D eigenvalue weighted by molar-refractivity contribution is -0.122. The minimum absolute atomic E-state index is 0.0168. The molecule has 0 radical (unpaired) electrons. The Balaban J connectivity index is 1.77. The second-order valence-electron chi connectivity index (χ2n) is 6.96. The number of carbonyl (C=O) groups excluding carboxylic acids is 2. The Hall–Kier alpha value is -3.13. The van der Waals surface area contributed by atoms with Crippen LogP contribution in [-0.2, 0) is 16.0 Å². The van der Waals surface area contributed by atoms with Crippen molar-refractivity contribution in [3.63, 3.8) is 0 Å². The Kier molecular flexibility index (Phi) is 4.87. The van der Waals surface area contributed by atoms with Crippen LogP contribution in [0, 0.1) is 11.6 Å². The molecular weight excluding hydrogens is 396 g/mol. The largest absolute Gasteiger partial charge is 0.344 e. The summed E-state index contributed by atoms with van der Waals surface area (Å²) in [5.41, 5.74) is 1.31. The predicted molar refractivity (Wildman–Crippen MR) is 109 cm³/mol. The van der Waals surface area contributed by atoms with E-state index in [4.69, 9.17) is 12.2 Å². The number of aryl methyl sites for hydroxylation is 1. The number of nitrogens with one attached hydrogen (secondary N) is 1. The SMILES string of the molecule is C[C@H]1CCc2cc(F)ccc2N1/C=C1/C(=O)NC(=S)N(c2ccccc2F)C1=O. The highest BCUT2D eigenvalue weighted by atomic mass is 32.1. The number of nitrogens with zero attached hydrogens (tertiary/aromatic N) is 2. The number of halogens is 2. The van der Waals surface area contributed by atoms with E-state index in [0.29, 0.717) is 6.42 Å². The van der Waals surface area contributed by atoms with E-state index >= 15 is 0 Å². The topological polar surface area (TPSA) is 52.7 Å². The van der Waals surface area contributed by atoms with Gasteiger partial charge in [0, 0.05) is 17.9 Å². The number of thiocarbonyl (C=S) groups is 1. The van der Waals surface area contributed by atoms with E-state index in [1.807, 2.05) is 6.92 Å². The van der Waals surface area contributed by atoms with Crippen LogP contribution >= 0.6 is 12.2 Å². The van der Waals surface area contributed by atoms with Crippen molar-refractivity contribution in [3.8, 4) is 0 Å². The van der Waals surface area contributed by atoms with Crippen molar-refractivity contribution in [1.82, 2.24) is 5.32 Å². The summed E-state index contributed by atoms with van der Waals surface area (Å²) in [6.45, 7) is 1.95. The summed E-state index contributed by atoms with van der Waals surface area (Å²) < 4.78 is 27.9. The number of carbonyl (C=O) groups is 2. The van der Waals surface area contributed by atoms with E-state index in [1.165, 1.54) is 36.5 Å². The van der Waals surface area contributed by atoms with Crippen molar-refractivity contribution in [3.05, 3.63) is 71.4 Å². The highest BCUT2D eigenvalue weighted by Crippen LogP contribution is 2.33. The van der Waals surface area contributed by atoms with Crippen LogP contribution in [0.2, 0.25) is 0 Å². The van der Waals surface area contributed by atoms with E-state index in [1.54, 1.807) is 17.0 Å². The molecule has 1 atom stereocenters. The fraction of sp³-hybridized carbons (Fsp3) is 0.190. The lowest BCUT2D eigenvalue weighted by Crippen LogP contribution is -2.55. The molecule has 148 valence electrons. The van der Waals surface area contributed by atoms with Gasteiger partial charge in [0.2, 0.25) is 0 Å². The zero-order valence-corrected chi connectivity index (χ0v) is 16.3. The zero-order chi connectivity index (χ0) is 20.7. The molecule has 0 bridgehead atoms. The number of rotatable bonds is 2. The highest BCUT2D eigenvalue weighted by Gasteiger charge is 2.37. The molecule has 0 spiro atoms. The van der Waals surface area contributed by atoms with Crippen molar-refractivity contribution >= 4 is 40.5 Å². The molecule has 8 heteroatoms. The molecule has 4 rings (SSSR count). The summed E-state index contributed by atoms with van der Waals surface area (Å²) in [5, 5.41) is 2.27. The molecule has 1 N–H and O–H groups in total. The van der Waals surface area contributed by atoms with Crippen LogP contribution in [0.4, 0.5) is 20.2 Å². The number of para-hydroxylation sites is 1. The second-order valence-corrected chi connectivity index (χ2v) is 7.35. The first-order valence-corrected chi connectivity index (χ1v) is 9.50. The number of amides is 2.